The fourth-order valence-electron chi connectivity index (χ4n) is 3.39. The van der Waals surface area contributed by atoms with Gasteiger partial charge in [0, 0.05) is 43.6 Å². The molecule has 1 saturated carbocycles. The van der Waals surface area contributed by atoms with Crippen molar-refractivity contribution in [1.29, 1.82) is 0 Å². The van der Waals surface area contributed by atoms with Crippen molar-refractivity contribution in [2.24, 2.45) is 0 Å². The quantitative estimate of drug-likeness (QED) is 0.577. The zero-order valence-corrected chi connectivity index (χ0v) is 17.0. The summed E-state index contributed by atoms with van der Waals surface area (Å²) in [5.74, 6) is 1.57. The number of benzene rings is 2. The summed E-state index contributed by atoms with van der Waals surface area (Å²) in [6.45, 7) is 1.59. The third kappa shape index (κ3) is 4.91. The summed E-state index contributed by atoms with van der Waals surface area (Å²) in [5.41, 5.74) is 1.36. The Bertz CT molecular complexity index is 1040. The van der Waals surface area contributed by atoms with Crippen LogP contribution < -0.4 is 10.2 Å². The van der Waals surface area contributed by atoms with Crippen molar-refractivity contribution in [2.45, 2.75) is 25.2 Å². The van der Waals surface area contributed by atoms with E-state index >= 15 is 0 Å². The van der Waals surface area contributed by atoms with Gasteiger partial charge in [-0.05, 0) is 43.2 Å². The minimum atomic E-state index is -0.380. The number of anilines is 2. The van der Waals surface area contributed by atoms with E-state index in [1.807, 2.05) is 24.3 Å². The number of aromatic nitrogens is 2. The zero-order chi connectivity index (χ0) is 20.9. The summed E-state index contributed by atoms with van der Waals surface area (Å²) in [7, 11) is 1.66. The van der Waals surface area contributed by atoms with Crippen molar-refractivity contribution in [3.05, 3.63) is 60.2 Å². The fourth-order valence-corrected chi connectivity index (χ4v) is 3.39. The summed E-state index contributed by atoms with van der Waals surface area (Å²) in [4.78, 5) is 24.1. The highest BCUT2D eigenvalue weighted by Crippen LogP contribution is 2.39. The Morgan fingerprint density at radius 2 is 2.00 bits per heavy atom. The first-order chi connectivity index (χ1) is 14.6. The van der Waals surface area contributed by atoms with Crippen molar-refractivity contribution in [3.8, 4) is 0 Å². The molecule has 7 heteroatoms. The second kappa shape index (κ2) is 9.17. The molecule has 156 valence electrons. The molecule has 30 heavy (non-hydrogen) atoms. The average Bonchev–Trinajstić information content (AvgIpc) is 3.59. The zero-order valence-electron chi connectivity index (χ0n) is 17.0. The molecule has 0 spiro atoms. The van der Waals surface area contributed by atoms with Crippen LogP contribution in [0.5, 0.6) is 0 Å². The van der Waals surface area contributed by atoms with Crippen molar-refractivity contribution in [2.75, 3.05) is 37.0 Å². The van der Waals surface area contributed by atoms with Crippen LogP contribution in [-0.4, -0.2) is 42.7 Å². The van der Waals surface area contributed by atoms with Gasteiger partial charge in [-0.15, -0.1) is 0 Å². The summed E-state index contributed by atoms with van der Waals surface area (Å²) < 4.78 is 18.6. The van der Waals surface area contributed by atoms with Crippen LogP contribution in [0.3, 0.4) is 0 Å². The van der Waals surface area contributed by atoms with Crippen LogP contribution in [0.2, 0.25) is 0 Å². The lowest BCUT2D eigenvalue weighted by Gasteiger charge is -2.25. The lowest BCUT2D eigenvalue weighted by molar-refractivity contribution is -0.116. The number of carbonyl (C=O) groups excluding carboxylic acids is 1. The molecule has 1 heterocycles. The van der Waals surface area contributed by atoms with Gasteiger partial charge in [0.1, 0.15) is 17.5 Å². The molecule has 0 unspecified atom stereocenters. The van der Waals surface area contributed by atoms with Crippen molar-refractivity contribution in [3.63, 3.8) is 0 Å². The molecule has 0 aliphatic heterocycles. The number of hydrogen-bond acceptors (Lipinski definition) is 5. The molecule has 0 radical (unpaired) electrons. The first kappa shape index (κ1) is 20.2. The highest BCUT2D eigenvalue weighted by atomic mass is 19.1. The van der Waals surface area contributed by atoms with Crippen LogP contribution >= 0.6 is 0 Å². The molecule has 0 bridgehead atoms. The van der Waals surface area contributed by atoms with E-state index in [1.54, 1.807) is 19.2 Å². The number of para-hydroxylation sites is 1. The first-order valence-electron chi connectivity index (χ1n) is 10.2. The van der Waals surface area contributed by atoms with Crippen LogP contribution in [0.15, 0.2) is 48.5 Å². The van der Waals surface area contributed by atoms with Gasteiger partial charge in [0.2, 0.25) is 5.91 Å². The monoisotopic (exact) mass is 408 g/mol. The average molecular weight is 408 g/mol. The van der Waals surface area contributed by atoms with Gasteiger partial charge < -0.3 is 15.0 Å². The Hall–Kier alpha value is -3.06. The Kier molecular flexibility index (Phi) is 6.18. The maximum atomic E-state index is 13.4. The molecule has 4 rings (SSSR count). The van der Waals surface area contributed by atoms with Gasteiger partial charge in [0.05, 0.1) is 12.1 Å². The van der Waals surface area contributed by atoms with Crippen LogP contribution in [-0.2, 0) is 9.53 Å². The van der Waals surface area contributed by atoms with Gasteiger partial charge in [-0.25, -0.2) is 14.4 Å². The molecular formula is C23H25FN4O2. The number of hydrogen-bond donors (Lipinski definition) is 1. The molecule has 1 aromatic heterocycles. The molecule has 0 atom stereocenters. The topological polar surface area (TPSA) is 67.3 Å². The molecule has 6 nitrogen and oxygen atoms in total. The summed E-state index contributed by atoms with van der Waals surface area (Å²) in [5, 5.41) is 3.71. The lowest BCUT2D eigenvalue weighted by Crippen LogP contribution is -2.32. The molecule has 2 aromatic carbocycles. The van der Waals surface area contributed by atoms with E-state index in [4.69, 9.17) is 14.7 Å². The summed E-state index contributed by atoms with van der Waals surface area (Å²) >= 11 is 0. The predicted molar refractivity (Wildman–Crippen MR) is 115 cm³/mol. The van der Waals surface area contributed by atoms with Gasteiger partial charge in [-0.3, -0.25) is 4.79 Å². The van der Waals surface area contributed by atoms with E-state index < -0.39 is 0 Å². The van der Waals surface area contributed by atoms with Crippen LogP contribution in [0.25, 0.3) is 10.9 Å². The molecule has 1 aliphatic rings. The smallest absolute Gasteiger partial charge is 0.226 e. The predicted octanol–water partition coefficient (Wildman–Crippen LogP) is 4.13. The minimum Gasteiger partial charge on any atom is -0.383 e. The van der Waals surface area contributed by atoms with Gasteiger partial charge >= 0.3 is 0 Å². The third-order valence-corrected chi connectivity index (χ3v) is 5.12. The number of nitrogens with zero attached hydrogens (tertiary/aromatic N) is 3. The molecule has 3 aromatic rings. The number of amides is 1. The Labute approximate surface area is 175 Å². The van der Waals surface area contributed by atoms with Gasteiger partial charge in [-0.1, -0.05) is 18.2 Å². The van der Waals surface area contributed by atoms with Gasteiger partial charge in [0.25, 0.3) is 0 Å². The van der Waals surface area contributed by atoms with Crippen LogP contribution in [0.4, 0.5) is 15.9 Å². The molecule has 0 saturated heterocycles. The normalized spacial score (nSPS) is 13.4. The number of rotatable bonds is 9. The van der Waals surface area contributed by atoms with E-state index in [0.29, 0.717) is 31.3 Å². The third-order valence-electron chi connectivity index (χ3n) is 5.12. The second-order valence-electron chi connectivity index (χ2n) is 7.49. The van der Waals surface area contributed by atoms with Crippen molar-refractivity contribution < 1.29 is 13.9 Å². The van der Waals surface area contributed by atoms with Crippen molar-refractivity contribution in [1.82, 2.24) is 9.97 Å². The summed E-state index contributed by atoms with van der Waals surface area (Å²) in [6, 6.07) is 13.8. The number of halogens is 1. The van der Waals surface area contributed by atoms with Crippen molar-refractivity contribution >= 4 is 28.3 Å². The molecule has 1 aliphatic carbocycles. The highest BCUT2D eigenvalue weighted by molar-refractivity contribution is 5.92. The summed E-state index contributed by atoms with van der Waals surface area (Å²) in [6.07, 6.45) is 2.48. The number of fused-ring (bicyclic) bond motifs is 1. The number of methoxy groups -OCH3 is 1. The largest absolute Gasteiger partial charge is 0.383 e. The van der Waals surface area contributed by atoms with E-state index in [2.05, 4.69) is 10.2 Å². The SMILES string of the molecule is COCCN(CCC(=O)Nc1cccc(F)c1)c1nc(C2CC2)nc2ccccc12. The molecule has 1 fully saturated rings. The van der Waals surface area contributed by atoms with E-state index in [0.717, 1.165) is 35.4 Å². The van der Waals surface area contributed by atoms with Crippen LogP contribution in [0.1, 0.15) is 31.0 Å². The molecule has 1 N–H and O–H groups in total. The lowest BCUT2D eigenvalue weighted by atomic mass is 10.2. The Balaban J connectivity index is 1.54. The van der Waals surface area contributed by atoms with E-state index in [1.165, 1.54) is 12.1 Å². The standard InChI is InChI=1S/C23H25FN4O2/c1-30-14-13-28(12-11-21(29)25-18-6-4-5-17(24)15-18)23-19-7-2-3-8-20(19)26-22(27-23)16-9-10-16/h2-8,15-16H,9-14H2,1H3,(H,25,29). The maximum Gasteiger partial charge on any atom is 0.226 e. The highest BCUT2D eigenvalue weighted by Gasteiger charge is 2.28. The van der Waals surface area contributed by atoms with E-state index in [-0.39, 0.29) is 18.1 Å². The van der Waals surface area contributed by atoms with Crippen LogP contribution in [0, 0.1) is 5.82 Å². The van der Waals surface area contributed by atoms with Gasteiger partial charge in [0.15, 0.2) is 0 Å². The number of ether oxygens (including phenoxy) is 1. The number of nitrogens with one attached hydrogen (secondary N) is 1. The first-order valence-corrected chi connectivity index (χ1v) is 10.2. The van der Waals surface area contributed by atoms with Gasteiger partial charge in [-0.2, -0.15) is 0 Å². The fraction of sp³-hybridized carbons (Fsp3) is 0.348. The minimum absolute atomic E-state index is 0.177. The Morgan fingerprint density at radius 1 is 1.17 bits per heavy atom. The second-order valence-corrected chi connectivity index (χ2v) is 7.49. The maximum absolute atomic E-state index is 13.4. The molecule has 1 amide bonds. The molecular weight excluding hydrogens is 383 g/mol. The Morgan fingerprint density at radius 3 is 2.77 bits per heavy atom. The number of carbonyl (C=O) groups is 1. The van der Waals surface area contributed by atoms with E-state index in [9.17, 15) is 9.18 Å².